The standard InChI is InChI=1S/C16H17ClN2O4S2/c17-15-3-4-16(24-15)25(20,21)19-7-5-18(6-8-19)10-12-1-2-13-14(9-12)23-11-22-13/h1-4,9H,5-8,10-11H2/p+1. The molecule has 0 saturated carbocycles. The molecule has 1 fully saturated rings. The number of thiophene rings is 1. The Hall–Kier alpha value is -1.32. The van der Waals surface area contributed by atoms with E-state index in [1.807, 2.05) is 18.2 Å². The number of piperazine rings is 1. The van der Waals surface area contributed by atoms with Crippen molar-refractivity contribution in [3.63, 3.8) is 0 Å². The van der Waals surface area contributed by atoms with E-state index >= 15 is 0 Å². The van der Waals surface area contributed by atoms with Crippen molar-refractivity contribution in [2.75, 3.05) is 33.0 Å². The molecule has 0 aliphatic carbocycles. The molecular weight excluding hydrogens is 384 g/mol. The van der Waals surface area contributed by atoms with Crippen molar-refractivity contribution in [2.45, 2.75) is 10.8 Å². The number of nitrogens with one attached hydrogen (secondary N) is 1. The van der Waals surface area contributed by atoms with Gasteiger partial charge in [0.15, 0.2) is 11.5 Å². The molecule has 3 heterocycles. The van der Waals surface area contributed by atoms with Gasteiger partial charge in [-0.15, -0.1) is 11.3 Å². The van der Waals surface area contributed by atoms with Crippen LogP contribution in [0.25, 0.3) is 0 Å². The lowest BCUT2D eigenvalue weighted by Crippen LogP contribution is -3.13. The Labute approximate surface area is 155 Å². The molecule has 25 heavy (non-hydrogen) atoms. The Morgan fingerprint density at radius 3 is 2.60 bits per heavy atom. The smallest absolute Gasteiger partial charge is 0.253 e. The zero-order valence-corrected chi connectivity index (χ0v) is 15.8. The van der Waals surface area contributed by atoms with Gasteiger partial charge in [0.1, 0.15) is 10.8 Å². The summed E-state index contributed by atoms with van der Waals surface area (Å²) in [5.41, 5.74) is 1.17. The predicted molar refractivity (Wildman–Crippen MR) is 95.1 cm³/mol. The maximum atomic E-state index is 12.6. The quantitative estimate of drug-likeness (QED) is 0.836. The van der Waals surface area contributed by atoms with Crippen LogP contribution < -0.4 is 14.4 Å². The zero-order chi connectivity index (χ0) is 17.4. The molecule has 0 amide bonds. The molecule has 1 N–H and O–H groups in total. The third kappa shape index (κ3) is 3.50. The van der Waals surface area contributed by atoms with Gasteiger partial charge < -0.3 is 14.4 Å². The van der Waals surface area contributed by atoms with Crippen molar-refractivity contribution in [1.29, 1.82) is 0 Å². The number of hydrogen-bond donors (Lipinski definition) is 1. The van der Waals surface area contributed by atoms with Crippen molar-refractivity contribution >= 4 is 33.0 Å². The Kier molecular flexibility index (Phi) is 4.63. The number of benzene rings is 1. The normalized spacial score (nSPS) is 18.6. The topological polar surface area (TPSA) is 60.3 Å². The van der Waals surface area contributed by atoms with E-state index in [9.17, 15) is 8.42 Å². The second kappa shape index (κ2) is 6.77. The summed E-state index contributed by atoms with van der Waals surface area (Å²) in [5.74, 6) is 1.57. The van der Waals surface area contributed by atoms with Crippen LogP contribution in [-0.4, -0.2) is 45.7 Å². The first-order valence-corrected chi connectivity index (χ1v) is 10.6. The molecule has 1 aromatic carbocycles. The van der Waals surface area contributed by atoms with Gasteiger partial charge in [-0.25, -0.2) is 8.42 Å². The lowest BCUT2D eigenvalue weighted by Gasteiger charge is -2.31. The van der Waals surface area contributed by atoms with E-state index in [4.69, 9.17) is 21.1 Å². The highest BCUT2D eigenvalue weighted by molar-refractivity contribution is 7.91. The summed E-state index contributed by atoms with van der Waals surface area (Å²) < 4.78 is 38.4. The summed E-state index contributed by atoms with van der Waals surface area (Å²) >= 11 is 6.98. The second-order valence-corrected chi connectivity index (χ2v) is 9.96. The van der Waals surface area contributed by atoms with Gasteiger partial charge in [-0.1, -0.05) is 11.6 Å². The number of hydrogen-bond acceptors (Lipinski definition) is 5. The number of nitrogens with zero attached hydrogens (tertiary/aromatic N) is 1. The van der Waals surface area contributed by atoms with Crippen LogP contribution in [0.5, 0.6) is 11.5 Å². The minimum atomic E-state index is -3.43. The van der Waals surface area contributed by atoms with Gasteiger partial charge in [0.05, 0.1) is 30.5 Å². The average molecular weight is 402 g/mol. The maximum Gasteiger partial charge on any atom is 0.253 e. The predicted octanol–water partition coefficient (Wildman–Crippen LogP) is 1.22. The molecule has 1 saturated heterocycles. The summed E-state index contributed by atoms with van der Waals surface area (Å²) in [7, 11) is -3.43. The minimum absolute atomic E-state index is 0.273. The van der Waals surface area contributed by atoms with Crippen LogP contribution in [0.2, 0.25) is 4.34 Å². The highest BCUT2D eigenvalue weighted by Gasteiger charge is 2.31. The van der Waals surface area contributed by atoms with Gasteiger partial charge in [0.25, 0.3) is 10.0 Å². The minimum Gasteiger partial charge on any atom is -0.454 e. The molecule has 4 rings (SSSR count). The SMILES string of the molecule is O=S(=O)(c1ccc(Cl)s1)N1CC[NH+](Cc2ccc3c(c2)OCO3)CC1. The molecule has 9 heteroatoms. The van der Waals surface area contributed by atoms with Gasteiger partial charge in [0.2, 0.25) is 6.79 Å². The molecule has 0 radical (unpaired) electrons. The van der Waals surface area contributed by atoms with Crippen LogP contribution in [0.15, 0.2) is 34.5 Å². The molecule has 6 nitrogen and oxygen atoms in total. The van der Waals surface area contributed by atoms with Gasteiger partial charge in [0, 0.05) is 5.56 Å². The van der Waals surface area contributed by atoms with Crippen LogP contribution in [0.3, 0.4) is 0 Å². The third-order valence-electron chi connectivity index (χ3n) is 4.46. The zero-order valence-electron chi connectivity index (χ0n) is 13.4. The van der Waals surface area contributed by atoms with Crippen LogP contribution in [0.1, 0.15) is 5.56 Å². The fourth-order valence-electron chi connectivity index (χ4n) is 3.12. The van der Waals surface area contributed by atoms with E-state index in [1.54, 1.807) is 16.4 Å². The first-order valence-electron chi connectivity index (χ1n) is 8.00. The lowest BCUT2D eigenvalue weighted by molar-refractivity contribution is -0.917. The van der Waals surface area contributed by atoms with E-state index < -0.39 is 10.0 Å². The lowest BCUT2D eigenvalue weighted by atomic mass is 10.2. The molecule has 0 bridgehead atoms. The summed E-state index contributed by atoms with van der Waals surface area (Å²) in [6.45, 7) is 3.68. The Bertz CT molecular complexity index is 876. The first kappa shape index (κ1) is 17.1. The number of halogens is 1. The van der Waals surface area contributed by atoms with E-state index in [1.165, 1.54) is 10.5 Å². The Morgan fingerprint density at radius 1 is 1.12 bits per heavy atom. The molecule has 0 unspecified atom stereocenters. The van der Waals surface area contributed by atoms with Gasteiger partial charge in [-0.3, -0.25) is 0 Å². The fraction of sp³-hybridized carbons (Fsp3) is 0.375. The van der Waals surface area contributed by atoms with E-state index in [0.29, 0.717) is 21.6 Å². The second-order valence-electron chi connectivity index (χ2n) is 6.08. The average Bonchev–Trinajstić information content (AvgIpc) is 3.24. The molecule has 1 aromatic heterocycles. The number of fused-ring (bicyclic) bond motifs is 1. The highest BCUT2D eigenvalue weighted by atomic mass is 35.5. The Balaban J connectivity index is 1.38. The van der Waals surface area contributed by atoms with Crippen molar-refractivity contribution in [2.24, 2.45) is 0 Å². The highest BCUT2D eigenvalue weighted by Crippen LogP contribution is 2.32. The van der Waals surface area contributed by atoms with Crippen molar-refractivity contribution in [1.82, 2.24) is 4.31 Å². The van der Waals surface area contributed by atoms with Crippen molar-refractivity contribution in [3.8, 4) is 11.5 Å². The summed E-state index contributed by atoms with van der Waals surface area (Å²) in [6.07, 6.45) is 0. The molecule has 2 aliphatic rings. The fourth-order valence-corrected chi connectivity index (χ4v) is 6.20. The van der Waals surface area contributed by atoms with Crippen LogP contribution in [0, 0.1) is 0 Å². The number of sulfonamides is 1. The third-order valence-corrected chi connectivity index (χ3v) is 8.06. The molecule has 2 aromatic rings. The Morgan fingerprint density at radius 2 is 1.88 bits per heavy atom. The van der Waals surface area contributed by atoms with E-state index in [0.717, 1.165) is 42.5 Å². The van der Waals surface area contributed by atoms with Gasteiger partial charge in [-0.2, -0.15) is 4.31 Å². The number of quaternary nitrogens is 1. The van der Waals surface area contributed by atoms with Crippen LogP contribution >= 0.6 is 22.9 Å². The summed E-state index contributed by atoms with van der Waals surface area (Å²) in [6, 6.07) is 9.18. The first-order chi connectivity index (χ1) is 12.0. The molecule has 2 aliphatic heterocycles. The van der Waals surface area contributed by atoms with Gasteiger partial charge >= 0.3 is 0 Å². The maximum absolute atomic E-state index is 12.6. The van der Waals surface area contributed by atoms with Crippen LogP contribution in [-0.2, 0) is 16.6 Å². The summed E-state index contributed by atoms with van der Waals surface area (Å²) in [4.78, 5) is 1.36. The summed E-state index contributed by atoms with van der Waals surface area (Å²) in [5, 5.41) is 0. The largest absolute Gasteiger partial charge is 0.454 e. The molecule has 134 valence electrons. The van der Waals surface area contributed by atoms with E-state index in [2.05, 4.69) is 0 Å². The number of ether oxygens (including phenoxy) is 2. The van der Waals surface area contributed by atoms with Crippen molar-refractivity contribution in [3.05, 3.63) is 40.2 Å². The molecule has 0 spiro atoms. The van der Waals surface area contributed by atoms with Gasteiger partial charge in [-0.05, 0) is 30.3 Å². The molecular formula is C16H18ClN2O4S2+. The molecule has 0 atom stereocenters. The van der Waals surface area contributed by atoms with Crippen LogP contribution in [0.4, 0.5) is 0 Å². The monoisotopic (exact) mass is 401 g/mol. The van der Waals surface area contributed by atoms with E-state index in [-0.39, 0.29) is 6.79 Å². The number of rotatable bonds is 4. The van der Waals surface area contributed by atoms with Crippen molar-refractivity contribution < 1.29 is 22.8 Å².